The van der Waals surface area contributed by atoms with Crippen molar-refractivity contribution >= 4 is 28.9 Å². The van der Waals surface area contributed by atoms with Crippen LogP contribution < -0.4 is 5.32 Å². The zero-order valence-corrected chi connectivity index (χ0v) is 11.9. The van der Waals surface area contributed by atoms with Crippen molar-refractivity contribution in [3.63, 3.8) is 0 Å². The number of hydrogen-bond donors (Lipinski definition) is 1. The van der Waals surface area contributed by atoms with Crippen LogP contribution in [0.5, 0.6) is 0 Å². The molecule has 2 rings (SSSR count). The van der Waals surface area contributed by atoms with Crippen LogP contribution >= 0.6 is 11.6 Å². The molecule has 0 spiro atoms. The average Bonchev–Trinajstić information content (AvgIpc) is 2.86. The zero-order chi connectivity index (χ0) is 14.7. The van der Waals surface area contributed by atoms with Crippen LogP contribution in [0, 0.1) is 16.0 Å². The van der Waals surface area contributed by atoms with E-state index in [9.17, 15) is 14.9 Å². The third kappa shape index (κ3) is 3.39. The van der Waals surface area contributed by atoms with Crippen molar-refractivity contribution in [3.05, 3.63) is 33.3 Å². The van der Waals surface area contributed by atoms with Crippen molar-refractivity contribution in [2.24, 2.45) is 5.92 Å². The number of nitro groups is 1. The predicted octanol–water partition coefficient (Wildman–Crippen LogP) is 2.53. The summed E-state index contributed by atoms with van der Waals surface area (Å²) in [7, 11) is 0. The van der Waals surface area contributed by atoms with Crippen LogP contribution in [-0.4, -0.2) is 35.4 Å². The first kappa shape index (κ1) is 14.6. The fourth-order valence-electron chi connectivity index (χ4n) is 2.34. The van der Waals surface area contributed by atoms with Crippen LogP contribution in [0.3, 0.4) is 0 Å². The Morgan fingerprint density at radius 3 is 2.95 bits per heavy atom. The second-order valence-corrected chi connectivity index (χ2v) is 5.36. The molecule has 1 amide bonds. The molecule has 1 atom stereocenters. The summed E-state index contributed by atoms with van der Waals surface area (Å²) in [5.41, 5.74) is 0.430. The van der Waals surface area contributed by atoms with Crippen molar-refractivity contribution in [3.8, 4) is 0 Å². The van der Waals surface area contributed by atoms with Crippen LogP contribution in [0.25, 0.3) is 0 Å². The Bertz CT molecular complexity index is 536. The van der Waals surface area contributed by atoms with Gasteiger partial charge in [0, 0.05) is 37.6 Å². The molecule has 0 aliphatic carbocycles. The first-order chi connectivity index (χ1) is 9.47. The molecule has 7 heteroatoms. The van der Waals surface area contributed by atoms with E-state index in [0.29, 0.717) is 29.7 Å². The van der Waals surface area contributed by atoms with Crippen LogP contribution in [-0.2, 0) is 4.79 Å². The first-order valence-corrected chi connectivity index (χ1v) is 6.78. The van der Waals surface area contributed by atoms with E-state index in [2.05, 4.69) is 5.32 Å². The highest BCUT2D eigenvalue weighted by molar-refractivity contribution is 6.30. The molecule has 0 aromatic heterocycles. The second kappa shape index (κ2) is 6.09. The van der Waals surface area contributed by atoms with Gasteiger partial charge in [0.1, 0.15) is 5.69 Å². The fraction of sp³-hybridized carbons (Fsp3) is 0.462. The molecule has 1 aliphatic rings. The number of nitrogens with one attached hydrogen (secondary N) is 1. The molecule has 108 valence electrons. The molecule has 0 bridgehead atoms. The van der Waals surface area contributed by atoms with Crippen LogP contribution in [0.2, 0.25) is 5.02 Å². The van der Waals surface area contributed by atoms with Crippen molar-refractivity contribution in [1.29, 1.82) is 0 Å². The van der Waals surface area contributed by atoms with Crippen LogP contribution in [0.15, 0.2) is 18.2 Å². The van der Waals surface area contributed by atoms with E-state index < -0.39 is 4.92 Å². The molecule has 0 saturated carbocycles. The van der Waals surface area contributed by atoms with Gasteiger partial charge in [0.05, 0.1) is 4.92 Å². The van der Waals surface area contributed by atoms with Gasteiger partial charge in [-0.15, -0.1) is 0 Å². The highest BCUT2D eigenvalue weighted by Crippen LogP contribution is 2.28. The number of nitro benzene ring substituents is 1. The van der Waals surface area contributed by atoms with Gasteiger partial charge in [-0.3, -0.25) is 14.9 Å². The van der Waals surface area contributed by atoms with Crippen molar-refractivity contribution in [1.82, 2.24) is 4.90 Å². The van der Waals surface area contributed by atoms with Gasteiger partial charge in [0.25, 0.3) is 5.69 Å². The smallest absolute Gasteiger partial charge is 0.293 e. The molecule has 0 radical (unpaired) electrons. The monoisotopic (exact) mass is 297 g/mol. The number of amides is 1. The summed E-state index contributed by atoms with van der Waals surface area (Å²) in [6.45, 7) is 3.61. The lowest BCUT2D eigenvalue weighted by Gasteiger charge is -2.15. The minimum atomic E-state index is -0.454. The molecule has 1 aromatic carbocycles. The number of carbonyl (C=O) groups excluding carboxylic acids is 1. The predicted molar refractivity (Wildman–Crippen MR) is 77.0 cm³/mol. The van der Waals surface area contributed by atoms with E-state index in [-0.39, 0.29) is 11.6 Å². The Labute approximate surface area is 121 Å². The Balaban J connectivity index is 1.98. The van der Waals surface area contributed by atoms with Gasteiger partial charge < -0.3 is 10.2 Å². The SMILES string of the molecule is CC(=O)N1CC[C@H](CNc2ccc(Cl)cc2[N+](=O)[O-])C1. The fourth-order valence-corrected chi connectivity index (χ4v) is 2.51. The highest BCUT2D eigenvalue weighted by atomic mass is 35.5. The van der Waals surface area contributed by atoms with Gasteiger partial charge in [0.2, 0.25) is 5.91 Å². The average molecular weight is 298 g/mol. The van der Waals surface area contributed by atoms with Crippen molar-refractivity contribution < 1.29 is 9.72 Å². The largest absolute Gasteiger partial charge is 0.379 e. The number of anilines is 1. The standard InChI is InChI=1S/C13H16ClN3O3/c1-9(18)16-5-4-10(8-16)7-15-12-3-2-11(14)6-13(12)17(19)20/h2-3,6,10,15H,4-5,7-8H2,1H3/t10-/m1/s1. The van der Waals surface area contributed by atoms with Gasteiger partial charge in [0.15, 0.2) is 0 Å². The van der Waals surface area contributed by atoms with Crippen LogP contribution in [0.4, 0.5) is 11.4 Å². The lowest BCUT2D eigenvalue weighted by Crippen LogP contribution is -2.27. The van der Waals surface area contributed by atoms with Gasteiger partial charge >= 0.3 is 0 Å². The maximum Gasteiger partial charge on any atom is 0.293 e. The summed E-state index contributed by atoms with van der Waals surface area (Å²) in [6.07, 6.45) is 0.911. The van der Waals surface area contributed by atoms with Crippen molar-refractivity contribution in [2.75, 3.05) is 25.0 Å². The molecule has 1 saturated heterocycles. The second-order valence-electron chi connectivity index (χ2n) is 4.92. The number of carbonyl (C=O) groups is 1. The van der Waals surface area contributed by atoms with Gasteiger partial charge in [-0.2, -0.15) is 0 Å². The van der Waals surface area contributed by atoms with E-state index in [1.807, 2.05) is 0 Å². The lowest BCUT2D eigenvalue weighted by molar-refractivity contribution is -0.383. The minimum absolute atomic E-state index is 0.0288. The normalized spacial score (nSPS) is 18.1. The minimum Gasteiger partial charge on any atom is -0.379 e. The summed E-state index contributed by atoms with van der Waals surface area (Å²) < 4.78 is 0. The Morgan fingerprint density at radius 2 is 2.35 bits per heavy atom. The van der Waals surface area contributed by atoms with E-state index in [0.717, 1.165) is 13.0 Å². The highest BCUT2D eigenvalue weighted by Gasteiger charge is 2.24. The number of hydrogen-bond acceptors (Lipinski definition) is 4. The van der Waals surface area contributed by atoms with Gasteiger partial charge in [-0.25, -0.2) is 0 Å². The molecule has 1 N–H and O–H groups in total. The van der Waals surface area contributed by atoms with Gasteiger partial charge in [-0.05, 0) is 24.5 Å². The zero-order valence-electron chi connectivity index (χ0n) is 11.1. The Morgan fingerprint density at radius 1 is 1.60 bits per heavy atom. The molecule has 1 aliphatic heterocycles. The molecular weight excluding hydrogens is 282 g/mol. The molecule has 1 fully saturated rings. The number of rotatable bonds is 4. The lowest BCUT2D eigenvalue weighted by atomic mass is 10.1. The molecular formula is C13H16ClN3O3. The van der Waals surface area contributed by atoms with E-state index in [1.165, 1.54) is 6.07 Å². The van der Waals surface area contributed by atoms with Crippen LogP contribution in [0.1, 0.15) is 13.3 Å². The van der Waals surface area contributed by atoms with Gasteiger partial charge in [-0.1, -0.05) is 11.6 Å². The van der Waals surface area contributed by atoms with Crippen molar-refractivity contribution in [2.45, 2.75) is 13.3 Å². The van der Waals surface area contributed by atoms with E-state index in [1.54, 1.807) is 24.0 Å². The summed E-state index contributed by atoms with van der Waals surface area (Å²) in [5, 5.41) is 14.4. The molecule has 1 aromatic rings. The Kier molecular flexibility index (Phi) is 4.44. The quantitative estimate of drug-likeness (QED) is 0.684. The summed E-state index contributed by atoms with van der Waals surface area (Å²) in [5.74, 6) is 0.388. The molecule has 20 heavy (non-hydrogen) atoms. The maximum atomic E-state index is 11.2. The Hall–Kier alpha value is -1.82. The third-order valence-corrected chi connectivity index (χ3v) is 3.70. The van der Waals surface area contributed by atoms with E-state index >= 15 is 0 Å². The molecule has 6 nitrogen and oxygen atoms in total. The maximum absolute atomic E-state index is 11.2. The summed E-state index contributed by atoms with van der Waals surface area (Å²) >= 11 is 5.77. The third-order valence-electron chi connectivity index (χ3n) is 3.47. The number of benzene rings is 1. The number of nitrogens with zero attached hydrogens (tertiary/aromatic N) is 2. The first-order valence-electron chi connectivity index (χ1n) is 6.40. The number of halogens is 1. The summed E-state index contributed by atoms with van der Waals surface area (Å²) in [4.78, 5) is 23.6. The van der Waals surface area contributed by atoms with E-state index in [4.69, 9.17) is 11.6 Å². The number of likely N-dealkylation sites (tertiary alicyclic amines) is 1. The topological polar surface area (TPSA) is 75.5 Å². The molecule has 0 unspecified atom stereocenters. The molecule has 1 heterocycles. The summed E-state index contributed by atoms with van der Waals surface area (Å²) in [6, 6.07) is 4.56.